The van der Waals surface area contributed by atoms with Crippen LogP contribution in [0.1, 0.15) is 42.1 Å². The van der Waals surface area contributed by atoms with Crippen molar-refractivity contribution in [2.75, 3.05) is 29.0 Å². The molecule has 0 saturated carbocycles. The molecule has 0 spiro atoms. The normalized spacial score (nSPS) is 16.4. The molecule has 1 aromatic carbocycles. The maximum absolute atomic E-state index is 5.78. The first-order valence-corrected chi connectivity index (χ1v) is 13.2. The number of nitrogens with zero attached hydrogens (tertiary/aromatic N) is 5. The van der Waals surface area contributed by atoms with E-state index in [0.717, 1.165) is 52.9 Å². The second-order valence-corrected chi connectivity index (χ2v) is 9.60. The van der Waals surface area contributed by atoms with Gasteiger partial charge in [-0.1, -0.05) is 30.1 Å². The van der Waals surface area contributed by atoms with Crippen LogP contribution in [0.15, 0.2) is 55.5 Å². The number of nitrogens with one attached hydrogen (secondary N) is 1. The van der Waals surface area contributed by atoms with Crippen LogP contribution in [-0.2, 0) is 32.7 Å². The monoisotopic (exact) mass is 599 g/mol. The van der Waals surface area contributed by atoms with Crippen LogP contribution in [0, 0.1) is 27.7 Å². The summed E-state index contributed by atoms with van der Waals surface area (Å²) in [5.41, 5.74) is 5.44. The summed E-state index contributed by atoms with van der Waals surface area (Å²) < 4.78 is 5.07. The van der Waals surface area contributed by atoms with Crippen LogP contribution in [0.5, 0.6) is 0 Å². The van der Waals surface area contributed by atoms with E-state index in [0.29, 0.717) is 6.04 Å². The Morgan fingerprint density at radius 1 is 1.22 bits per heavy atom. The van der Waals surface area contributed by atoms with Gasteiger partial charge in [0.1, 0.15) is 5.82 Å². The third-order valence-electron chi connectivity index (χ3n) is 6.12. The molecule has 4 heterocycles. The minimum Gasteiger partial charge on any atom is -0.423 e. The molecule has 1 radical (unpaired) electrons. The Morgan fingerprint density at radius 2 is 2.03 bits per heavy atom. The van der Waals surface area contributed by atoms with Gasteiger partial charge in [0, 0.05) is 74.0 Å². The Morgan fingerprint density at radius 3 is 2.69 bits per heavy atom. The molecule has 1 fully saturated rings. The van der Waals surface area contributed by atoms with Gasteiger partial charge >= 0.3 is 0 Å². The van der Waals surface area contributed by atoms with Crippen LogP contribution in [-0.4, -0.2) is 38.8 Å². The van der Waals surface area contributed by atoms with Gasteiger partial charge < -0.3 is 21.9 Å². The number of likely N-dealkylation sites (tertiary alicyclic amines) is 1. The molecule has 191 valence electrons. The van der Waals surface area contributed by atoms with Crippen molar-refractivity contribution < 1.29 is 32.7 Å². The molecule has 0 bridgehead atoms. The number of rotatable bonds is 5. The molecule has 2 aromatic heterocycles. The molecule has 1 N–H and O–H groups in total. The zero-order valence-electron chi connectivity index (χ0n) is 21.6. The quantitative estimate of drug-likeness (QED) is 0.251. The van der Waals surface area contributed by atoms with Crippen molar-refractivity contribution in [3.8, 4) is 0 Å². The van der Waals surface area contributed by atoms with E-state index in [1.54, 1.807) is 11.9 Å². The standard InChI is InChI=1S/C18H22N5.C8H10ClNS.CH3.Y/c1-3-21-9-5-4-8-16(21)15-12-17-19-18(22-10-6-7-11-22)14(2)13-23(17)20-15;1-6-5-7(9)3-4-8(6)10-11-2;;/h3,6-7,10,12-13,16H,1,4-5,8-9,11H2,2H3;3-5,10H,1-2H3;1H3;/q-1;;-1;. The molecule has 0 amide bonds. The van der Waals surface area contributed by atoms with E-state index in [1.807, 2.05) is 42.1 Å². The van der Waals surface area contributed by atoms with E-state index in [9.17, 15) is 0 Å². The fourth-order valence-electron chi connectivity index (χ4n) is 4.37. The van der Waals surface area contributed by atoms with E-state index in [4.69, 9.17) is 21.7 Å². The number of piperidine rings is 1. The van der Waals surface area contributed by atoms with Gasteiger partial charge in [0.25, 0.3) is 0 Å². The third-order valence-corrected chi connectivity index (χ3v) is 6.78. The number of benzene rings is 1. The number of fused-ring (bicyclic) bond motifs is 1. The number of hydrogen-bond donors (Lipinski definition) is 1. The van der Waals surface area contributed by atoms with Gasteiger partial charge in [-0.15, -0.1) is 6.20 Å². The number of aromatic nitrogens is 3. The summed E-state index contributed by atoms with van der Waals surface area (Å²) in [4.78, 5) is 9.30. The van der Waals surface area contributed by atoms with Crippen molar-refractivity contribution in [3.63, 3.8) is 0 Å². The minimum atomic E-state index is 0. The van der Waals surface area contributed by atoms with Crippen molar-refractivity contribution in [1.82, 2.24) is 19.5 Å². The van der Waals surface area contributed by atoms with Gasteiger partial charge in [-0.25, -0.2) is 22.0 Å². The zero-order valence-corrected chi connectivity index (χ0v) is 26.0. The Bertz CT molecular complexity index is 1180. The summed E-state index contributed by atoms with van der Waals surface area (Å²) in [6, 6.07) is 8.26. The average Bonchev–Trinajstić information content (AvgIpc) is 3.51. The van der Waals surface area contributed by atoms with Gasteiger partial charge in [-0.3, -0.25) is 0 Å². The first-order chi connectivity index (χ1) is 16.5. The molecule has 9 heteroatoms. The Kier molecular flexibility index (Phi) is 12.2. The van der Waals surface area contributed by atoms with Gasteiger partial charge in [0.2, 0.25) is 0 Å². The Hall–Kier alpha value is -1.67. The molecule has 3 aromatic rings. The predicted molar refractivity (Wildman–Crippen MR) is 152 cm³/mol. The number of anilines is 2. The molecule has 6 nitrogen and oxygen atoms in total. The van der Waals surface area contributed by atoms with Crippen molar-refractivity contribution in [3.05, 3.63) is 91.2 Å². The summed E-state index contributed by atoms with van der Waals surface area (Å²) in [7, 11) is 0. The fraction of sp³-hybridized carbons (Fsp3) is 0.333. The zero-order chi connectivity index (χ0) is 24.1. The minimum absolute atomic E-state index is 0. The van der Waals surface area contributed by atoms with Crippen molar-refractivity contribution >= 4 is 40.7 Å². The SMILES string of the molecule is C=CN1CCCCC1c1cc2nc(N3C=C[CH-]C3)c(C)cn2n1.CSNc1ccc(Cl)cc1C.[CH3-].[Y]. The van der Waals surface area contributed by atoms with Crippen LogP contribution in [0.4, 0.5) is 11.5 Å². The molecular weight excluding hydrogens is 565 g/mol. The summed E-state index contributed by atoms with van der Waals surface area (Å²) in [6.45, 7) is 10.0. The molecule has 1 saturated heterocycles. The maximum atomic E-state index is 5.78. The molecule has 1 atom stereocenters. The summed E-state index contributed by atoms with van der Waals surface area (Å²) in [6.07, 6.45) is 15.9. The summed E-state index contributed by atoms with van der Waals surface area (Å²) in [5, 5.41) is 5.57. The molecule has 2 aliphatic rings. The van der Waals surface area contributed by atoms with Crippen LogP contribution in [0.3, 0.4) is 0 Å². The average molecular weight is 600 g/mol. The van der Waals surface area contributed by atoms with Crippen LogP contribution >= 0.6 is 23.5 Å². The van der Waals surface area contributed by atoms with E-state index >= 15 is 0 Å². The molecule has 0 aliphatic carbocycles. The van der Waals surface area contributed by atoms with Gasteiger partial charge in [-0.05, 0) is 69.6 Å². The second kappa shape index (κ2) is 14.3. The van der Waals surface area contributed by atoms with Gasteiger partial charge in [-0.2, -0.15) is 5.10 Å². The summed E-state index contributed by atoms with van der Waals surface area (Å²) >= 11 is 7.36. The molecule has 5 rings (SSSR count). The largest absolute Gasteiger partial charge is 0.423 e. The first kappa shape index (κ1) is 30.6. The van der Waals surface area contributed by atoms with Gasteiger partial charge in [0.15, 0.2) is 5.65 Å². The molecule has 2 aliphatic heterocycles. The molecule has 1 unspecified atom stereocenters. The van der Waals surface area contributed by atoms with Crippen LogP contribution < -0.4 is 9.62 Å². The number of halogens is 1. The van der Waals surface area contributed by atoms with E-state index in [2.05, 4.69) is 59.0 Å². The Balaban J connectivity index is 0.000000301. The Labute approximate surface area is 250 Å². The molecular formula is C27H35ClN6SY-2. The number of aryl methyl sites for hydroxylation is 2. The fourth-order valence-corrected chi connectivity index (χ4v) is 5.05. The smallest absolute Gasteiger partial charge is 0.157 e. The maximum Gasteiger partial charge on any atom is 0.157 e. The first-order valence-electron chi connectivity index (χ1n) is 11.6. The third kappa shape index (κ3) is 7.21. The summed E-state index contributed by atoms with van der Waals surface area (Å²) in [5.74, 6) is 1.01. The topological polar surface area (TPSA) is 48.7 Å². The molecule has 36 heavy (non-hydrogen) atoms. The van der Waals surface area contributed by atoms with E-state index < -0.39 is 0 Å². The number of hydrogen-bond acceptors (Lipinski definition) is 6. The predicted octanol–water partition coefficient (Wildman–Crippen LogP) is 7.03. The van der Waals surface area contributed by atoms with Crippen molar-refractivity contribution in [2.24, 2.45) is 0 Å². The second-order valence-electron chi connectivity index (χ2n) is 8.55. The van der Waals surface area contributed by atoms with Gasteiger partial charge in [0.05, 0.1) is 11.7 Å². The van der Waals surface area contributed by atoms with E-state index in [-0.39, 0.29) is 40.1 Å². The van der Waals surface area contributed by atoms with Crippen molar-refractivity contribution in [1.29, 1.82) is 0 Å². The van der Waals surface area contributed by atoms with Crippen LogP contribution in [0.2, 0.25) is 5.02 Å². The van der Waals surface area contributed by atoms with Crippen LogP contribution in [0.25, 0.3) is 5.65 Å². The van der Waals surface area contributed by atoms with E-state index in [1.165, 1.54) is 18.4 Å². The van der Waals surface area contributed by atoms with Crippen molar-refractivity contribution in [2.45, 2.75) is 39.2 Å².